The maximum absolute atomic E-state index is 13.8. The third-order valence-corrected chi connectivity index (χ3v) is 14.3. The van der Waals surface area contributed by atoms with E-state index in [9.17, 15) is 4.79 Å². The molecule has 2 unspecified atom stereocenters. The lowest BCUT2D eigenvalue weighted by molar-refractivity contribution is 0.0977. The Morgan fingerprint density at radius 1 is 0.596 bits per heavy atom. The molecule has 0 amide bonds. The first-order chi connectivity index (χ1) is 25.5. The van der Waals surface area contributed by atoms with Gasteiger partial charge in [0.25, 0.3) is 0 Å². The van der Waals surface area contributed by atoms with E-state index in [1.54, 1.807) is 0 Å². The third-order valence-electron chi connectivity index (χ3n) is 11.1. The van der Waals surface area contributed by atoms with Crippen molar-refractivity contribution in [3.05, 3.63) is 138 Å². The molecule has 5 aromatic rings. The van der Waals surface area contributed by atoms with E-state index in [1.807, 2.05) is 11.8 Å². The van der Waals surface area contributed by atoms with E-state index in [0.717, 1.165) is 50.0 Å². The minimum atomic E-state index is -0.257. The number of carbonyl (C=O) groups excluding carboxylic acids is 1. The van der Waals surface area contributed by atoms with Crippen LogP contribution in [0.4, 0.5) is 0 Å². The largest absolute Gasteiger partial charge is 0.294 e. The van der Waals surface area contributed by atoms with Crippen molar-refractivity contribution < 1.29 is 4.79 Å². The predicted molar refractivity (Wildman–Crippen MR) is 224 cm³/mol. The number of rotatable bonds is 19. The predicted octanol–water partition coefficient (Wildman–Crippen LogP) is 14.8. The van der Waals surface area contributed by atoms with E-state index in [1.165, 1.54) is 78.8 Å². The van der Waals surface area contributed by atoms with Gasteiger partial charge in [0.2, 0.25) is 0 Å². The minimum absolute atomic E-state index is 0.0840. The van der Waals surface area contributed by atoms with E-state index >= 15 is 0 Å². The van der Waals surface area contributed by atoms with Gasteiger partial charge in [-0.1, -0.05) is 139 Å². The Labute approximate surface area is 321 Å². The molecule has 0 heterocycles. The fourth-order valence-electron chi connectivity index (χ4n) is 8.29. The summed E-state index contributed by atoms with van der Waals surface area (Å²) in [5, 5.41) is 0. The maximum Gasteiger partial charge on any atom is 0.166 e. The molecule has 3 heteroatoms. The average Bonchev–Trinajstić information content (AvgIpc) is 3.45. The van der Waals surface area contributed by atoms with E-state index in [-0.39, 0.29) is 16.3 Å². The van der Waals surface area contributed by atoms with E-state index < -0.39 is 0 Å². The molecule has 0 aromatic heterocycles. The van der Waals surface area contributed by atoms with Crippen LogP contribution in [0.1, 0.15) is 126 Å². The fourth-order valence-corrected chi connectivity index (χ4v) is 11.2. The molecule has 0 N–H and O–H groups in total. The molecule has 0 saturated heterocycles. The molecule has 0 saturated carbocycles. The zero-order valence-electron chi connectivity index (χ0n) is 31.8. The standard InChI is InChI=1S/C49H57OS2/c1-5-9-33-49(34-10-6-2)46-35-38(48(50)24-17-19-37(8-4)18-7-3)25-31-44(46)45-32-30-43(36-47(45)49)52(41-22-15-12-16-23-41)42-28-26-40(27-29-42)51-39-20-13-11-14-21-39/h11-16,20-23,25-32,35-37H,5-10,17-19,24,33-34H2,1-4H3/q+1. The Morgan fingerprint density at radius 3 is 1.81 bits per heavy atom. The van der Waals surface area contributed by atoms with Gasteiger partial charge in [-0.3, -0.25) is 4.79 Å². The fraction of sp³-hybridized carbons (Fsp3) is 0.367. The molecule has 5 aromatic carbocycles. The van der Waals surface area contributed by atoms with Crippen LogP contribution in [0.15, 0.2) is 146 Å². The molecular weight excluding hydrogens is 669 g/mol. The van der Waals surface area contributed by atoms with Crippen molar-refractivity contribution in [1.82, 2.24) is 0 Å². The first kappa shape index (κ1) is 38.2. The summed E-state index contributed by atoms with van der Waals surface area (Å²) >= 11 is 1.81. The molecule has 0 bridgehead atoms. The van der Waals surface area contributed by atoms with Crippen molar-refractivity contribution in [3.8, 4) is 11.1 Å². The SMILES string of the molecule is CCCCC1(CCCC)c2cc(C(=O)CCCC(CC)CCC)ccc2-c2ccc([S+](c3ccccc3)c3ccc(Sc4ccccc4)cc3)cc21. The first-order valence-electron chi connectivity index (χ1n) is 20.0. The minimum Gasteiger partial charge on any atom is -0.294 e. The van der Waals surface area contributed by atoms with Crippen LogP contribution in [-0.4, -0.2) is 5.78 Å². The second-order valence-corrected chi connectivity index (χ2v) is 17.8. The van der Waals surface area contributed by atoms with Gasteiger partial charge < -0.3 is 0 Å². The van der Waals surface area contributed by atoms with E-state index in [4.69, 9.17) is 0 Å². The summed E-state index contributed by atoms with van der Waals surface area (Å²) in [5.74, 6) is 1.05. The van der Waals surface area contributed by atoms with Crippen molar-refractivity contribution in [2.24, 2.45) is 5.92 Å². The average molecular weight is 726 g/mol. The molecule has 0 radical (unpaired) electrons. The zero-order valence-corrected chi connectivity index (χ0v) is 33.5. The summed E-state index contributed by atoms with van der Waals surface area (Å²) in [6.07, 6.45) is 13.4. The molecule has 0 fully saturated rings. The molecule has 270 valence electrons. The topological polar surface area (TPSA) is 17.1 Å². The van der Waals surface area contributed by atoms with Crippen molar-refractivity contribution in [1.29, 1.82) is 0 Å². The molecule has 52 heavy (non-hydrogen) atoms. The van der Waals surface area contributed by atoms with Gasteiger partial charge in [0.1, 0.15) is 0 Å². The summed E-state index contributed by atoms with van der Waals surface area (Å²) in [5.41, 5.74) is 6.39. The molecule has 0 aliphatic heterocycles. The molecule has 6 rings (SSSR count). The highest BCUT2D eigenvalue weighted by Gasteiger charge is 2.44. The van der Waals surface area contributed by atoms with Gasteiger partial charge in [-0.25, -0.2) is 0 Å². The van der Waals surface area contributed by atoms with Gasteiger partial charge in [-0.2, -0.15) is 0 Å². The number of hydrogen-bond acceptors (Lipinski definition) is 2. The number of Topliss-reactive ketones (excluding diaryl/α,β-unsaturated/α-hetero) is 1. The number of carbonyl (C=O) groups is 1. The van der Waals surface area contributed by atoms with Crippen LogP contribution < -0.4 is 0 Å². The summed E-state index contributed by atoms with van der Waals surface area (Å²) < 4.78 is 0. The Morgan fingerprint density at radius 2 is 1.17 bits per heavy atom. The second-order valence-electron chi connectivity index (χ2n) is 14.6. The summed E-state index contributed by atoms with van der Waals surface area (Å²) in [7, 11) is -0.257. The number of benzene rings is 5. The molecule has 1 aliphatic carbocycles. The first-order valence-corrected chi connectivity index (χ1v) is 22.0. The van der Waals surface area contributed by atoms with Crippen LogP contribution in [0, 0.1) is 5.92 Å². The smallest absolute Gasteiger partial charge is 0.166 e. The number of ketones is 1. The highest BCUT2D eigenvalue weighted by Crippen LogP contribution is 2.55. The Kier molecular flexibility index (Phi) is 13.6. The number of fused-ring (bicyclic) bond motifs is 3. The van der Waals surface area contributed by atoms with Crippen molar-refractivity contribution in [3.63, 3.8) is 0 Å². The van der Waals surface area contributed by atoms with Gasteiger partial charge in [-0.15, -0.1) is 0 Å². The van der Waals surface area contributed by atoms with Gasteiger partial charge >= 0.3 is 0 Å². The van der Waals surface area contributed by atoms with Crippen LogP contribution in [0.3, 0.4) is 0 Å². The number of unbranched alkanes of at least 4 members (excludes halogenated alkanes) is 2. The van der Waals surface area contributed by atoms with Crippen LogP contribution in [-0.2, 0) is 16.3 Å². The third kappa shape index (κ3) is 8.64. The van der Waals surface area contributed by atoms with Gasteiger partial charge in [0.15, 0.2) is 20.5 Å². The summed E-state index contributed by atoms with van der Waals surface area (Å²) in [6, 6.07) is 45.1. The monoisotopic (exact) mass is 725 g/mol. The highest BCUT2D eigenvalue weighted by molar-refractivity contribution is 7.99. The van der Waals surface area contributed by atoms with Crippen LogP contribution in [0.25, 0.3) is 11.1 Å². The lowest BCUT2D eigenvalue weighted by Gasteiger charge is -2.33. The second kappa shape index (κ2) is 18.5. The van der Waals surface area contributed by atoms with E-state index in [0.29, 0.717) is 12.2 Å². The summed E-state index contributed by atoms with van der Waals surface area (Å²) in [4.78, 5) is 20.3. The lowest BCUT2D eigenvalue weighted by Crippen LogP contribution is -2.26. The molecule has 2 atom stereocenters. The maximum atomic E-state index is 13.8. The van der Waals surface area contributed by atoms with Crippen molar-refractivity contribution in [2.75, 3.05) is 0 Å². The van der Waals surface area contributed by atoms with Crippen molar-refractivity contribution in [2.45, 2.75) is 135 Å². The van der Waals surface area contributed by atoms with Crippen LogP contribution in [0.2, 0.25) is 0 Å². The highest BCUT2D eigenvalue weighted by atomic mass is 32.2. The Bertz CT molecular complexity index is 1870. The summed E-state index contributed by atoms with van der Waals surface area (Å²) in [6.45, 7) is 9.20. The van der Waals surface area contributed by atoms with E-state index in [2.05, 4.69) is 149 Å². The molecule has 1 aliphatic rings. The molecule has 1 nitrogen and oxygen atoms in total. The quantitative estimate of drug-likeness (QED) is 0.0623. The van der Waals surface area contributed by atoms with Crippen LogP contribution >= 0.6 is 11.8 Å². The normalized spacial score (nSPS) is 14.1. The Balaban J connectivity index is 1.38. The Hall–Kier alpha value is -3.53. The lowest BCUT2D eigenvalue weighted by atomic mass is 9.70. The van der Waals surface area contributed by atoms with Gasteiger partial charge in [0.05, 0.1) is 10.9 Å². The van der Waals surface area contributed by atoms with Crippen LogP contribution in [0.5, 0.6) is 0 Å². The zero-order chi connectivity index (χ0) is 36.3. The van der Waals surface area contributed by atoms with Crippen molar-refractivity contribution >= 4 is 28.4 Å². The molecule has 0 spiro atoms. The van der Waals surface area contributed by atoms with Gasteiger partial charge in [0, 0.05) is 27.2 Å². The number of hydrogen-bond donors (Lipinski definition) is 0. The molecular formula is C49H57OS2+. The van der Waals surface area contributed by atoms with Gasteiger partial charge in [-0.05, 0) is 120 Å².